The van der Waals surface area contributed by atoms with Crippen molar-refractivity contribution >= 4 is 39.2 Å². The van der Waals surface area contributed by atoms with Crippen molar-refractivity contribution in [3.05, 3.63) is 52.8 Å². The molecule has 0 radical (unpaired) electrons. The van der Waals surface area contributed by atoms with Gasteiger partial charge in [-0.25, -0.2) is 14.6 Å². The minimum atomic E-state index is -0.672. The highest BCUT2D eigenvalue weighted by molar-refractivity contribution is 7.18. The number of esters is 2. The summed E-state index contributed by atoms with van der Waals surface area (Å²) in [5.74, 6) is -0.812. The van der Waals surface area contributed by atoms with Crippen molar-refractivity contribution in [1.82, 2.24) is 4.98 Å². The number of carbonyl (C=O) groups excluding carboxylic acids is 2. The minimum absolute atomic E-state index is 0.0354. The first-order valence-corrected chi connectivity index (χ1v) is 8.82. The van der Waals surface area contributed by atoms with Gasteiger partial charge < -0.3 is 19.1 Å². The van der Waals surface area contributed by atoms with Crippen molar-refractivity contribution in [2.75, 3.05) is 26.2 Å². The summed E-state index contributed by atoms with van der Waals surface area (Å²) < 4.78 is 16.2. The lowest BCUT2D eigenvalue weighted by atomic mass is 10.1. The molecular formula is C19H18N2O5S. The van der Waals surface area contributed by atoms with Crippen LogP contribution in [0.15, 0.2) is 47.8 Å². The van der Waals surface area contributed by atoms with Gasteiger partial charge in [-0.05, 0) is 25.1 Å². The molecule has 0 saturated carbocycles. The topological polar surface area (TPSA) is 78.0 Å². The predicted octanol–water partition coefficient (Wildman–Crippen LogP) is 3.10. The van der Waals surface area contributed by atoms with Crippen molar-refractivity contribution in [1.29, 1.82) is 0 Å². The van der Waals surface area contributed by atoms with Crippen LogP contribution in [0.1, 0.15) is 5.01 Å². The summed E-state index contributed by atoms with van der Waals surface area (Å²) in [6.07, 6.45) is 6.53. The summed E-state index contributed by atoms with van der Waals surface area (Å²) in [7, 11) is 4.05. The number of fused-ring (bicyclic) bond motifs is 1. The van der Waals surface area contributed by atoms with Crippen LogP contribution >= 0.6 is 11.3 Å². The Kier molecular flexibility index (Phi) is 5.27. The Bertz CT molecular complexity index is 1000. The summed E-state index contributed by atoms with van der Waals surface area (Å²) in [4.78, 5) is 30.8. The second kappa shape index (κ2) is 7.63. The molecule has 0 spiro atoms. The molecular weight excluding hydrogens is 368 g/mol. The second-order valence-electron chi connectivity index (χ2n) is 5.54. The lowest BCUT2D eigenvalue weighted by Gasteiger charge is -2.24. The largest absolute Gasteiger partial charge is 0.494 e. The van der Waals surface area contributed by atoms with E-state index in [1.165, 1.54) is 38.7 Å². The monoisotopic (exact) mass is 386 g/mol. The Morgan fingerprint density at radius 2 is 1.81 bits per heavy atom. The third-order valence-corrected chi connectivity index (χ3v) is 4.88. The van der Waals surface area contributed by atoms with Crippen LogP contribution < -0.4 is 9.64 Å². The predicted molar refractivity (Wildman–Crippen MR) is 103 cm³/mol. The standard InChI is InChI=1S/C19H18N2O5S/c1-11-20-13-9-15(24-2)14(10-16(13)27-11)21-8-6-5-7-12(18(22)25-3)17(21)19(23)26-4/h5-10H,1-4H3. The van der Waals surface area contributed by atoms with E-state index in [1.54, 1.807) is 29.3 Å². The molecule has 0 fully saturated rings. The maximum absolute atomic E-state index is 12.6. The number of rotatable bonds is 4. The van der Waals surface area contributed by atoms with Gasteiger partial charge in [0.1, 0.15) is 11.4 Å². The van der Waals surface area contributed by atoms with Gasteiger partial charge in [0.05, 0.1) is 47.8 Å². The number of aryl methyl sites for hydroxylation is 1. The van der Waals surface area contributed by atoms with Gasteiger partial charge in [-0.2, -0.15) is 0 Å². The Labute approximate surface area is 160 Å². The van der Waals surface area contributed by atoms with E-state index in [-0.39, 0.29) is 11.3 Å². The van der Waals surface area contributed by atoms with Crippen LogP contribution in [-0.4, -0.2) is 38.3 Å². The number of aromatic nitrogens is 1. The second-order valence-corrected chi connectivity index (χ2v) is 6.78. The highest BCUT2D eigenvalue weighted by Gasteiger charge is 2.29. The van der Waals surface area contributed by atoms with Crippen molar-refractivity contribution in [2.45, 2.75) is 6.92 Å². The molecule has 2 aromatic rings. The summed E-state index contributed by atoms with van der Waals surface area (Å²) in [6.45, 7) is 1.92. The van der Waals surface area contributed by atoms with E-state index in [0.717, 1.165) is 15.2 Å². The molecule has 0 N–H and O–H groups in total. The lowest BCUT2D eigenvalue weighted by Crippen LogP contribution is -2.27. The molecule has 2 heterocycles. The SMILES string of the molecule is COC(=O)C1=C(C(=O)OC)N(c2cc3sc(C)nc3cc2OC)C=CC=C1. The number of ether oxygens (including phenoxy) is 3. The van der Waals surface area contributed by atoms with Crippen LogP contribution in [0.25, 0.3) is 10.2 Å². The van der Waals surface area contributed by atoms with Crippen molar-refractivity contribution in [3.63, 3.8) is 0 Å². The van der Waals surface area contributed by atoms with E-state index in [1.807, 2.05) is 13.0 Å². The Balaban J connectivity index is 2.28. The Morgan fingerprint density at radius 3 is 2.48 bits per heavy atom. The molecule has 1 aliphatic rings. The first-order chi connectivity index (χ1) is 13.0. The first-order valence-electron chi connectivity index (χ1n) is 8.00. The molecule has 0 amide bonds. The maximum Gasteiger partial charge on any atom is 0.355 e. The van der Waals surface area contributed by atoms with Gasteiger partial charge in [-0.15, -0.1) is 11.3 Å². The molecule has 1 aliphatic heterocycles. The molecule has 0 bridgehead atoms. The number of hydrogen-bond donors (Lipinski definition) is 0. The number of benzene rings is 1. The zero-order valence-corrected chi connectivity index (χ0v) is 16.1. The van der Waals surface area contributed by atoms with Gasteiger partial charge >= 0.3 is 11.9 Å². The zero-order chi connectivity index (χ0) is 19.6. The van der Waals surface area contributed by atoms with Crippen LogP contribution in [0.5, 0.6) is 5.75 Å². The zero-order valence-electron chi connectivity index (χ0n) is 15.3. The molecule has 0 saturated heterocycles. The van der Waals surface area contributed by atoms with Crippen molar-refractivity contribution in [2.24, 2.45) is 0 Å². The fraction of sp³-hybridized carbons (Fsp3) is 0.211. The van der Waals surface area contributed by atoms with Crippen molar-refractivity contribution < 1.29 is 23.8 Å². The summed E-state index contributed by atoms with van der Waals surface area (Å²) in [5.41, 5.74) is 1.49. The van der Waals surface area contributed by atoms with Gasteiger partial charge in [0.15, 0.2) is 0 Å². The molecule has 1 aromatic heterocycles. The smallest absolute Gasteiger partial charge is 0.355 e. The van der Waals surface area contributed by atoms with Gasteiger partial charge in [-0.1, -0.05) is 6.08 Å². The van der Waals surface area contributed by atoms with Gasteiger partial charge in [-0.3, -0.25) is 0 Å². The van der Waals surface area contributed by atoms with Crippen LogP contribution in [0, 0.1) is 6.92 Å². The molecule has 0 atom stereocenters. The van der Waals surface area contributed by atoms with Crippen molar-refractivity contribution in [3.8, 4) is 5.75 Å². The summed E-state index contributed by atoms with van der Waals surface area (Å²) in [6, 6.07) is 3.67. The normalized spacial score (nSPS) is 13.7. The number of methoxy groups -OCH3 is 3. The lowest BCUT2D eigenvalue weighted by molar-refractivity contribution is -0.139. The van der Waals surface area contributed by atoms with Gasteiger partial charge in [0.25, 0.3) is 0 Å². The van der Waals surface area contributed by atoms with E-state index < -0.39 is 11.9 Å². The van der Waals surface area contributed by atoms with Gasteiger partial charge in [0, 0.05) is 12.3 Å². The number of thiazole rings is 1. The maximum atomic E-state index is 12.6. The Morgan fingerprint density at radius 1 is 1.07 bits per heavy atom. The highest BCUT2D eigenvalue weighted by Crippen LogP contribution is 2.38. The van der Waals surface area contributed by atoms with E-state index in [9.17, 15) is 9.59 Å². The molecule has 0 unspecified atom stereocenters. The Hall–Kier alpha value is -3.13. The van der Waals surface area contributed by atoms with E-state index in [4.69, 9.17) is 14.2 Å². The summed E-state index contributed by atoms with van der Waals surface area (Å²) in [5, 5.41) is 0.913. The van der Waals surface area contributed by atoms with E-state index >= 15 is 0 Å². The third kappa shape index (κ3) is 3.43. The third-order valence-electron chi connectivity index (χ3n) is 3.94. The van der Waals surface area contributed by atoms with Gasteiger partial charge in [0.2, 0.25) is 0 Å². The number of hydrogen-bond acceptors (Lipinski definition) is 8. The highest BCUT2D eigenvalue weighted by atomic mass is 32.1. The number of anilines is 1. The van der Waals surface area contributed by atoms with Crippen LogP contribution in [0.4, 0.5) is 5.69 Å². The van der Waals surface area contributed by atoms with Crippen LogP contribution in [-0.2, 0) is 19.1 Å². The fourth-order valence-electron chi connectivity index (χ4n) is 2.76. The summed E-state index contributed by atoms with van der Waals surface area (Å²) >= 11 is 1.52. The van der Waals surface area contributed by atoms with E-state index in [2.05, 4.69) is 4.98 Å². The first kappa shape index (κ1) is 18.7. The van der Waals surface area contributed by atoms with Crippen LogP contribution in [0.3, 0.4) is 0 Å². The average molecular weight is 386 g/mol. The van der Waals surface area contributed by atoms with E-state index in [0.29, 0.717) is 11.4 Å². The quantitative estimate of drug-likeness (QED) is 0.747. The number of carbonyl (C=O) groups is 2. The molecule has 3 rings (SSSR count). The van der Waals surface area contributed by atoms with Crippen LogP contribution in [0.2, 0.25) is 0 Å². The molecule has 7 nitrogen and oxygen atoms in total. The average Bonchev–Trinajstić information content (AvgIpc) is 2.90. The molecule has 27 heavy (non-hydrogen) atoms. The molecule has 1 aromatic carbocycles. The minimum Gasteiger partial charge on any atom is -0.494 e. The molecule has 140 valence electrons. The number of allylic oxidation sites excluding steroid dienone is 2. The number of nitrogens with zero attached hydrogens (tertiary/aromatic N) is 2. The molecule has 0 aliphatic carbocycles. The fourth-order valence-corrected chi connectivity index (χ4v) is 3.60. The molecule has 8 heteroatoms.